The normalized spacial score (nSPS) is 11.7. The van der Waals surface area contributed by atoms with Gasteiger partial charge in [-0.3, -0.25) is 0 Å². The highest BCUT2D eigenvalue weighted by Gasteiger charge is 2.36. The van der Waals surface area contributed by atoms with Crippen LogP contribution < -0.4 is 0 Å². The number of aliphatic hydroxyl groups excluding tert-OH is 1. The fourth-order valence-corrected chi connectivity index (χ4v) is 4.59. The molecule has 0 aliphatic rings. The minimum Gasteiger partial charge on any atom is -0.396 e. The van der Waals surface area contributed by atoms with Gasteiger partial charge in [0.25, 0.3) is 0 Å². The quantitative estimate of drug-likeness (QED) is 0.414. The lowest BCUT2D eigenvalue weighted by Crippen LogP contribution is -2.26. The largest absolute Gasteiger partial charge is 0.396 e. The standard InChI is InChI=1S/C24H24OS/c25-19-11-4-12-20-26-24(21-13-5-1-6-14-21,22-15-7-2-8-16-22)23-17-9-3-10-18-23/h1-10,12-18,25H,11,19-20H2/b12-4+. The van der Waals surface area contributed by atoms with Gasteiger partial charge in [0.15, 0.2) is 0 Å². The summed E-state index contributed by atoms with van der Waals surface area (Å²) < 4.78 is -0.271. The highest BCUT2D eigenvalue weighted by Crippen LogP contribution is 2.48. The molecule has 0 aliphatic carbocycles. The van der Waals surface area contributed by atoms with E-state index in [4.69, 9.17) is 5.11 Å². The van der Waals surface area contributed by atoms with Gasteiger partial charge in [-0.2, -0.15) is 0 Å². The predicted octanol–water partition coefficient (Wildman–Crippen LogP) is 5.65. The van der Waals surface area contributed by atoms with Gasteiger partial charge in [-0.05, 0) is 23.1 Å². The molecule has 0 saturated carbocycles. The van der Waals surface area contributed by atoms with Crippen LogP contribution in [0.1, 0.15) is 23.1 Å². The van der Waals surface area contributed by atoms with Crippen LogP contribution in [0.25, 0.3) is 0 Å². The lowest BCUT2D eigenvalue weighted by Gasteiger charge is -2.35. The van der Waals surface area contributed by atoms with Crippen molar-refractivity contribution in [2.45, 2.75) is 11.2 Å². The molecule has 3 aromatic rings. The highest BCUT2D eigenvalue weighted by atomic mass is 32.2. The lowest BCUT2D eigenvalue weighted by molar-refractivity contribution is 0.302. The Morgan fingerprint density at radius 2 is 1.08 bits per heavy atom. The zero-order chi connectivity index (χ0) is 18.1. The number of benzene rings is 3. The monoisotopic (exact) mass is 360 g/mol. The van der Waals surface area contributed by atoms with Crippen LogP contribution in [0.4, 0.5) is 0 Å². The zero-order valence-electron chi connectivity index (χ0n) is 14.8. The van der Waals surface area contributed by atoms with Crippen LogP contribution in [-0.4, -0.2) is 17.5 Å². The van der Waals surface area contributed by atoms with Crippen LogP contribution >= 0.6 is 11.8 Å². The number of hydrogen-bond donors (Lipinski definition) is 1. The molecule has 0 aliphatic heterocycles. The SMILES string of the molecule is OCC/C=C/CSC(c1ccccc1)(c1ccccc1)c1ccccc1. The smallest absolute Gasteiger partial charge is 0.0910 e. The van der Waals surface area contributed by atoms with Crippen molar-refractivity contribution in [2.75, 3.05) is 12.4 Å². The molecule has 0 atom stereocenters. The van der Waals surface area contributed by atoms with E-state index in [-0.39, 0.29) is 11.4 Å². The summed E-state index contributed by atoms with van der Waals surface area (Å²) in [6, 6.07) is 32.1. The first-order chi connectivity index (χ1) is 12.9. The second-order valence-electron chi connectivity index (χ2n) is 6.07. The molecule has 0 saturated heterocycles. The summed E-state index contributed by atoms with van der Waals surface area (Å²) in [4.78, 5) is 0. The second-order valence-corrected chi connectivity index (χ2v) is 7.31. The summed E-state index contributed by atoms with van der Waals surface area (Å²) in [6.45, 7) is 0.197. The third kappa shape index (κ3) is 4.09. The Morgan fingerprint density at radius 1 is 0.654 bits per heavy atom. The highest BCUT2D eigenvalue weighted by molar-refractivity contribution is 8.00. The molecule has 3 rings (SSSR count). The third-order valence-corrected chi connectivity index (χ3v) is 5.90. The van der Waals surface area contributed by atoms with E-state index in [9.17, 15) is 0 Å². The van der Waals surface area contributed by atoms with Crippen molar-refractivity contribution < 1.29 is 5.11 Å². The summed E-state index contributed by atoms with van der Waals surface area (Å²) >= 11 is 1.91. The molecule has 3 aromatic carbocycles. The number of aliphatic hydroxyl groups is 1. The van der Waals surface area contributed by atoms with Crippen molar-refractivity contribution in [1.82, 2.24) is 0 Å². The van der Waals surface area contributed by atoms with Crippen LogP contribution in [0.2, 0.25) is 0 Å². The summed E-state index contributed by atoms with van der Waals surface area (Å²) in [6.07, 6.45) is 4.92. The molecule has 0 spiro atoms. The molecule has 0 unspecified atom stereocenters. The predicted molar refractivity (Wildman–Crippen MR) is 113 cm³/mol. The molecular formula is C24H24OS. The molecule has 0 fully saturated rings. The van der Waals surface area contributed by atoms with Crippen molar-refractivity contribution >= 4 is 11.8 Å². The van der Waals surface area contributed by atoms with E-state index in [0.717, 1.165) is 5.75 Å². The number of hydrogen-bond acceptors (Lipinski definition) is 2. The minimum atomic E-state index is -0.271. The first kappa shape index (κ1) is 18.5. The van der Waals surface area contributed by atoms with Gasteiger partial charge >= 0.3 is 0 Å². The van der Waals surface area contributed by atoms with Crippen molar-refractivity contribution in [3.63, 3.8) is 0 Å². The first-order valence-corrected chi connectivity index (χ1v) is 9.93. The van der Waals surface area contributed by atoms with E-state index >= 15 is 0 Å². The molecular weight excluding hydrogens is 336 g/mol. The average molecular weight is 361 g/mol. The first-order valence-electron chi connectivity index (χ1n) is 8.94. The van der Waals surface area contributed by atoms with Gasteiger partial charge in [-0.15, -0.1) is 11.8 Å². The fraction of sp³-hybridized carbons (Fsp3) is 0.167. The Bertz CT molecular complexity index is 701. The second kappa shape index (κ2) is 9.42. The van der Waals surface area contributed by atoms with Gasteiger partial charge < -0.3 is 5.11 Å². The average Bonchev–Trinajstić information content (AvgIpc) is 2.73. The van der Waals surface area contributed by atoms with Crippen molar-refractivity contribution in [3.8, 4) is 0 Å². The van der Waals surface area contributed by atoms with E-state index in [1.165, 1.54) is 16.7 Å². The summed E-state index contributed by atoms with van der Waals surface area (Å²) in [7, 11) is 0. The Labute approximate surface area is 160 Å². The van der Waals surface area contributed by atoms with Gasteiger partial charge in [-0.1, -0.05) is 103 Å². The Hall–Kier alpha value is -2.29. The summed E-state index contributed by atoms with van der Waals surface area (Å²) in [5, 5.41) is 9.00. The summed E-state index contributed by atoms with van der Waals surface area (Å²) in [5.41, 5.74) is 3.83. The fourth-order valence-electron chi connectivity index (χ4n) is 3.20. The van der Waals surface area contributed by atoms with Crippen LogP contribution in [0.5, 0.6) is 0 Å². The van der Waals surface area contributed by atoms with E-state index in [1.54, 1.807) is 0 Å². The van der Waals surface area contributed by atoms with Crippen molar-refractivity contribution in [3.05, 3.63) is 120 Å². The lowest BCUT2D eigenvalue weighted by atomic mass is 9.84. The molecule has 26 heavy (non-hydrogen) atoms. The van der Waals surface area contributed by atoms with Crippen molar-refractivity contribution in [1.29, 1.82) is 0 Å². The van der Waals surface area contributed by atoms with E-state index in [0.29, 0.717) is 6.42 Å². The number of rotatable bonds is 8. The maximum absolute atomic E-state index is 9.00. The van der Waals surface area contributed by atoms with Gasteiger partial charge in [0, 0.05) is 12.4 Å². The summed E-state index contributed by atoms with van der Waals surface area (Å²) in [5.74, 6) is 0.874. The molecule has 1 nitrogen and oxygen atoms in total. The molecule has 0 aromatic heterocycles. The third-order valence-electron chi connectivity index (χ3n) is 4.40. The molecule has 0 bridgehead atoms. The van der Waals surface area contributed by atoms with Gasteiger partial charge in [-0.25, -0.2) is 0 Å². The van der Waals surface area contributed by atoms with Crippen LogP contribution in [0.15, 0.2) is 103 Å². The van der Waals surface area contributed by atoms with Crippen LogP contribution in [0, 0.1) is 0 Å². The van der Waals surface area contributed by atoms with Crippen LogP contribution in [-0.2, 0) is 4.75 Å². The molecule has 2 heteroatoms. The van der Waals surface area contributed by atoms with E-state index in [2.05, 4.69) is 103 Å². The Morgan fingerprint density at radius 3 is 1.46 bits per heavy atom. The van der Waals surface area contributed by atoms with Gasteiger partial charge in [0.05, 0.1) is 4.75 Å². The molecule has 0 amide bonds. The molecule has 0 radical (unpaired) electrons. The maximum Gasteiger partial charge on any atom is 0.0910 e. The molecule has 132 valence electrons. The van der Waals surface area contributed by atoms with Gasteiger partial charge in [0.2, 0.25) is 0 Å². The zero-order valence-corrected chi connectivity index (χ0v) is 15.6. The van der Waals surface area contributed by atoms with E-state index in [1.807, 2.05) is 11.8 Å². The maximum atomic E-state index is 9.00. The van der Waals surface area contributed by atoms with Gasteiger partial charge in [0.1, 0.15) is 0 Å². The van der Waals surface area contributed by atoms with E-state index < -0.39 is 0 Å². The number of thioether (sulfide) groups is 1. The molecule has 1 N–H and O–H groups in total. The topological polar surface area (TPSA) is 20.2 Å². The van der Waals surface area contributed by atoms with Crippen molar-refractivity contribution in [2.24, 2.45) is 0 Å². The van der Waals surface area contributed by atoms with Crippen LogP contribution in [0.3, 0.4) is 0 Å². The minimum absolute atomic E-state index is 0.197. The molecule has 0 heterocycles. The Balaban J connectivity index is 2.11. The Kier molecular flexibility index (Phi) is 6.70.